The molecular formula is C16H28N2. The predicted molar refractivity (Wildman–Crippen MR) is 79.8 cm³/mol. The van der Waals surface area contributed by atoms with Crippen molar-refractivity contribution < 1.29 is 0 Å². The molecular weight excluding hydrogens is 220 g/mol. The van der Waals surface area contributed by atoms with Gasteiger partial charge in [-0.05, 0) is 55.9 Å². The standard InChI is InChI=1S/C16H28N2/c1-3-4-15-5-7-16(8-6-15)10-12-18-11-9-14(2)13-17/h5-8,14,18H,3-4,9-13,17H2,1-2H3. The van der Waals surface area contributed by atoms with Gasteiger partial charge >= 0.3 is 0 Å². The molecule has 0 saturated heterocycles. The lowest BCUT2D eigenvalue weighted by Gasteiger charge is -2.09. The molecule has 3 N–H and O–H groups in total. The summed E-state index contributed by atoms with van der Waals surface area (Å²) in [6, 6.07) is 9.04. The van der Waals surface area contributed by atoms with E-state index in [1.807, 2.05) is 0 Å². The molecule has 0 fully saturated rings. The van der Waals surface area contributed by atoms with Gasteiger partial charge in [0.05, 0.1) is 0 Å². The summed E-state index contributed by atoms with van der Waals surface area (Å²) >= 11 is 0. The van der Waals surface area contributed by atoms with Gasteiger partial charge in [0.1, 0.15) is 0 Å². The van der Waals surface area contributed by atoms with Crippen molar-refractivity contribution in [1.29, 1.82) is 0 Å². The molecule has 1 rings (SSSR count). The zero-order valence-corrected chi connectivity index (χ0v) is 11.9. The van der Waals surface area contributed by atoms with E-state index in [0.29, 0.717) is 5.92 Å². The van der Waals surface area contributed by atoms with Gasteiger partial charge in [-0.1, -0.05) is 44.5 Å². The second kappa shape index (κ2) is 9.12. The molecule has 1 aromatic rings. The van der Waals surface area contributed by atoms with Crippen LogP contribution in [0.2, 0.25) is 0 Å². The molecule has 0 saturated carbocycles. The predicted octanol–water partition coefficient (Wildman–Crippen LogP) is 2.76. The van der Waals surface area contributed by atoms with Crippen LogP contribution in [0.1, 0.15) is 37.8 Å². The molecule has 0 aliphatic heterocycles. The normalized spacial score (nSPS) is 12.6. The Morgan fingerprint density at radius 2 is 1.67 bits per heavy atom. The fourth-order valence-corrected chi connectivity index (χ4v) is 1.99. The van der Waals surface area contributed by atoms with Crippen molar-refractivity contribution >= 4 is 0 Å². The van der Waals surface area contributed by atoms with Gasteiger partial charge in [0.25, 0.3) is 0 Å². The van der Waals surface area contributed by atoms with E-state index in [1.165, 1.54) is 30.4 Å². The maximum atomic E-state index is 5.59. The van der Waals surface area contributed by atoms with Crippen LogP contribution in [-0.4, -0.2) is 19.6 Å². The van der Waals surface area contributed by atoms with E-state index in [-0.39, 0.29) is 0 Å². The third kappa shape index (κ3) is 6.18. The van der Waals surface area contributed by atoms with Crippen molar-refractivity contribution in [3.63, 3.8) is 0 Å². The van der Waals surface area contributed by atoms with Crippen molar-refractivity contribution in [3.8, 4) is 0 Å². The summed E-state index contributed by atoms with van der Waals surface area (Å²) in [5.41, 5.74) is 8.46. The summed E-state index contributed by atoms with van der Waals surface area (Å²) < 4.78 is 0. The van der Waals surface area contributed by atoms with Crippen LogP contribution in [0.25, 0.3) is 0 Å². The van der Waals surface area contributed by atoms with Crippen molar-refractivity contribution in [1.82, 2.24) is 5.32 Å². The summed E-state index contributed by atoms with van der Waals surface area (Å²) in [6.07, 6.45) is 4.70. The third-order valence-corrected chi connectivity index (χ3v) is 3.37. The quantitative estimate of drug-likeness (QED) is 0.660. The summed E-state index contributed by atoms with van der Waals surface area (Å²) in [7, 11) is 0. The summed E-state index contributed by atoms with van der Waals surface area (Å²) in [4.78, 5) is 0. The molecule has 1 atom stereocenters. The second-order valence-corrected chi connectivity index (χ2v) is 5.20. The molecule has 2 nitrogen and oxygen atoms in total. The highest BCUT2D eigenvalue weighted by atomic mass is 14.8. The Labute approximate surface area is 112 Å². The van der Waals surface area contributed by atoms with E-state index in [0.717, 1.165) is 26.1 Å². The van der Waals surface area contributed by atoms with Crippen LogP contribution >= 0.6 is 0 Å². The van der Waals surface area contributed by atoms with Crippen molar-refractivity contribution in [2.75, 3.05) is 19.6 Å². The lowest BCUT2D eigenvalue weighted by atomic mass is 10.1. The largest absolute Gasteiger partial charge is 0.330 e. The van der Waals surface area contributed by atoms with E-state index < -0.39 is 0 Å². The molecule has 0 bridgehead atoms. The lowest BCUT2D eigenvalue weighted by Crippen LogP contribution is -2.22. The monoisotopic (exact) mass is 248 g/mol. The Hall–Kier alpha value is -0.860. The number of hydrogen-bond donors (Lipinski definition) is 2. The maximum Gasteiger partial charge on any atom is -0.000835 e. The topological polar surface area (TPSA) is 38.0 Å². The minimum absolute atomic E-state index is 0.630. The van der Waals surface area contributed by atoms with E-state index in [1.54, 1.807) is 0 Å². The summed E-state index contributed by atoms with van der Waals surface area (Å²) in [5.74, 6) is 0.630. The average Bonchev–Trinajstić information content (AvgIpc) is 2.40. The fraction of sp³-hybridized carbons (Fsp3) is 0.625. The number of rotatable bonds is 9. The van der Waals surface area contributed by atoms with Crippen LogP contribution in [0.3, 0.4) is 0 Å². The summed E-state index contributed by atoms with van der Waals surface area (Å²) in [6.45, 7) is 7.35. The minimum Gasteiger partial charge on any atom is -0.330 e. The van der Waals surface area contributed by atoms with E-state index in [9.17, 15) is 0 Å². The van der Waals surface area contributed by atoms with Gasteiger partial charge in [0.15, 0.2) is 0 Å². The van der Waals surface area contributed by atoms with Crippen molar-refractivity contribution in [2.24, 2.45) is 11.7 Å². The highest BCUT2D eigenvalue weighted by molar-refractivity contribution is 5.22. The highest BCUT2D eigenvalue weighted by Gasteiger charge is 1.98. The van der Waals surface area contributed by atoms with Crippen LogP contribution in [0.4, 0.5) is 0 Å². The Balaban J connectivity index is 2.15. The van der Waals surface area contributed by atoms with Crippen LogP contribution in [0.5, 0.6) is 0 Å². The second-order valence-electron chi connectivity index (χ2n) is 5.20. The molecule has 0 radical (unpaired) electrons. The SMILES string of the molecule is CCCc1ccc(CCNCCC(C)CN)cc1. The number of aryl methyl sites for hydroxylation is 1. The van der Waals surface area contributed by atoms with Gasteiger partial charge in [0.2, 0.25) is 0 Å². The molecule has 2 heteroatoms. The highest BCUT2D eigenvalue weighted by Crippen LogP contribution is 2.07. The first-order valence-electron chi connectivity index (χ1n) is 7.24. The number of benzene rings is 1. The van der Waals surface area contributed by atoms with Gasteiger partial charge in [-0.3, -0.25) is 0 Å². The zero-order chi connectivity index (χ0) is 13.2. The lowest BCUT2D eigenvalue weighted by molar-refractivity contribution is 0.511. The Morgan fingerprint density at radius 3 is 2.22 bits per heavy atom. The maximum absolute atomic E-state index is 5.59. The smallest absolute Gasteiger partial charge is 0.000835 e. The summed E-state index contributed by atoms with van der Waals surface area (Å²) in [5, 5.41) is 3.48. The molecule has 0 aliphatic carbocycles. The Morgan fingerprint density at radius 1 is 1.06 bits per heavy atom. The van der Waals surface area contributed by atoms with Crippen LogP contribution in [0, 0.1) is 5.92 Å². The van der Waals surface area contributed by atoms with E-state index in [4.69, 9.17) is 5.73 Å². The molecule has 18 heavy (non-hydrogen) atoms. The molecule has 1 unspecified atom stereocenters. The van der Waals surface area contributed by atoms with E-state index in [2.05, 4.69) is 43.4 Å². The molecule has 0 aromatic heterocycles. The van der Waals surface area contributed by atoms with Gasteiger partial charge in [-0.15, -0.1) is 0 Å². The van der Waals surface area contributed by atoms with Crippen LogP contribution < -0.4 is 11.1 Å². The van der Waals surface area contributed by atoms with Gasteiger partial charge in [0, 0.05) is 0 Å². The molecule has 0 spiro atoms. The average molecular weight is 248 g/mol. The number of nitrogens with one attached hydrogen (secondary N) is 1. The molecule has 102 valence electrons. The number of hydrogen-bond acceptors (Lipinski definition) is 2. The minimum atomic E-state index is 0.630. The first kappa shape index (κ1) is 15.2. The number of nitrogens with two attached hydrogens (primary N) is 1. The van der Waals surface area contributed by atoms with Gasteiger partial charge < -0.3 is 11.1 Å². The molecule has 1 aromatic carbocycles. The molecule has 0 amide bonds. The molecule has 0 heterocycles. The van der Waals surface area contributed by atoms with Crippen molar-refractivity contribution in [2.45, 2.75) is 39.5 Å². The Bertz CT molecular complexity index is 305. The van der Waals surface area contributed by atoms with Crippen LogP contribution in [0.15, 0.2) is 24.3 Å². The fourth-order valence-electron chi connectivity index (χ4n) is 1.99. The molecule has 0 aliphatic rings. The third-order valence-electron chi connectivity index (χ3n) is 3.37. The van der Waals surface area contributed by atoms with Gasteiger partial charge in [-0.25, -0.2) is 0 Å². The Kier molecular flexibility index (Phi) is 7.70. The zero-order valence-electron chi connectivity index (χ0n) is 11.9. The first-order chi connectivity index (χ1) is 8.76. The van der Waals surface area contributed by atoms with E-state index >= 15 is 0 Å². The van der Waals surface area contributed by atoms with Gasteiger partial charge in [-0.2, -0.15) is 0 Å². The van der Waals surface area contributed by atoms with Crippen LogP contribution in [-0.2, 0) is 12.8 Å². The van der Waals surface area contributed by atoms with Crippen molar-refractivity contribution in [3.05, 3.63) is 35.4 Å². The first-order valence-corrected chi connectivity index (χ1v) is 7.24.